The Hall–Kier alpha value is -1.80. The van der Waals surface area contributed by atoms with Gasteiger partial charge in [-0.3, -0.25) is 4.79 Å². The van der Waals surface area contributed by atoms with Gasteiger partial charge in [-0.1, -0.05) is 35.2 Å². The zero-order valence-corrected chi connectivity index (χ0v) is 10.9. The van der Waals surface area contributed by atoms with Crippen LogP contribution in [0.4, 0.5) is 5.13 Å². The third-order valence-corrected chi connectivity index (χ3v) is 3.78. The van der Waals surface area contributed by atoms with Crippen molar-refractivity contribution in [3.05, 3.63) is 24.3 Å². The highest BCUT2D eigenvalue weighted by Gasteiger charge is 2.08. The van der Waals surface area contributed by atoms with Crippen LogP contribution in [-0.2, 0) is 4.79 Å². The maximum Gasteiger partial charge on any atom is 0.236 e. The SMILES string of the molecule is NN=C(N)SCC(=O)Nc1nc2ccccc2s1. The molecular formula is C10H11N5OS2. The first-order valence-corrected chi connectivity index (χ1v) is 6.81. The highest BCUT2D eigenvalue weighted by molar-refractivity contribution is 8.14. The largest absolute Gasteiger partial charge is 0.377 e. The van der Waals surface area contributed by atoms with Crippen LogP contribution in [0.2, 0.25) is 0 Å². The van der Waals surface area contributed by atoms with Crippen molar-refractivity contribution in [2.75, 3.05) is 11.1 Å². The predicted octanol–water partition coefficient (Wildman–Crippen LogP) is 1.16. The van der Waals surface area contributed by atoms with Gasteiger partial charge in [-0.2, -0.15) is 5.10 Å². The van der Waals surface area contributed by atoms with Gasteiger partial charge in [-0.15, -0.1) is 0 Å². The lowest BCUT2D eigenvalue weighted by atomic mass is 10.3. The fourth-order valence-electron chi connectivity index (χ4n) is 1.26. The maximum atomic E-state index is 11.6. The number of anilines is 1. The van der Waals surface area contributed by atoms with E-state index in [1.807, 2.05) is 24.3 Å². The summed E-state index contributed by atoms with van der Waals surface area (Å²) in [5.41, 5.74) is 6.24. The summed E-state index contributed by atoms with van der Waals surface area (Å²) >= 11 is 2.51. The molecule has 1 aromatic carbocycles. The summed E-state index contributed by atoms with van der Waals surface area (Å²) in [5.74, 6) is 4.93. The quantitative estimate of drug-likeness (QED) is 0.339. The molecule has 0 aliphatic carbocycles. The highest BCUT2D eigenvalue weighted by atomic mass is 32.2. The smallest absolute Gasteiger partial charge is 0.236 e. The number of thiazole rings is 1. The number of nitrogens with one attached hydrogen (secondary N) is 1. The van der Waals surface area contributed by atoms with Crippen LogP contribution < -0.4 is 16.9 Å². The molecule has 0 bridgehead atoms. The molecule has 0 atom stereocenters. The molecular weight excluding hydrogens is 270 g/mol. The standard InChI is InChI=1S/C10H11N5OS2/c11-9(15-12)17-5-8(16)14-10-13-6-3-1-2-4-7(6)18-10/h1-4H,5,12H2,(H2,11,15)(H,13,14,16). The van der Waals surface area contributed by atoms with E-state index in [2.05, 4.69) is 15.4 Å². The molecule has 1 amide bonds. The van der Waals surface area contributed by atoms with Crippen LogP contribution in [0, 0.1) is 0 Å². The first-order chi connectivity index (χ1) is 8.69. The Labute approximate surface area is 111 Å². The normalized spacial score (nSPS) is 11.7. The van der Waals surface area contributed by atoms with E-state index >= 15 is 0 Å². The van der Waals surface area contributed by atoms with Crippen LogP contribution in [0.1, 0.15) is 0 Å². The van der Waals surface area contributed by atoms with E-state index in [1.54, 1.807) is 0 Å². The van der Waals surface area contributed by atoms with E-state index in [0.717, 1.165) is 22.0 Å². The number of thioether (sulfide) groups is 1. The minimum absolute atomic E-state index is 0.155. The summed E-state index contributed by atoms with van der Waals surface area (Å²) in [7, 11) is 0. The van der Waals surface area contributed by atoms with Crippen molar-refractivity contribution < 1.29 is 4.79 Å². The molecule has 0 saturated heterocycles. The third kappa shape index (κ3) is 3.11. The monoisotopic (exact) mass is 281 g/mol. The molecule has 0 spiro atoms. The van der Waals surface area contributed by atoms with Crippen molar-refractivity contribution in [3.63, 3.8) is 0 Å². The molecule has 18 heavy (non-hydrogen) atoms. The summed E-state index contributed by atoms with van der Waals surface area (Å²) in [6, 6.07) is 7.69. The van der Waals surface area contributed by atoms with Crippen LogP contribution >= 0.6 is 23.1 Å². The van der Waals surface area contributed by atoms with Crippen molar-refractivity contribution in [2.24, 2.45) is 16.7 Å². The molecule has 0 aliphatic rings. The van der Waals surface area contributed by atoms with Crippen molar-refractivity contribution >= 4 is 49.5 Å². The van der Waals surface area contributed by atoms with Gasteiger partial charge < -0.3 is 16.9 Å². The minimum atomic E-state index is -0.189. The van der Waals surface area contributed by atoms with Crippen LogP contribution in [0.25, 0.3) is 10.2 Å². The number of hydrogen-bond donors (Lipinski definition) is 3. The van der Waals surface area contributed by atoms with Crippen LogP contribution in [0.15, 0.2) is 29.4 Å². The first kappa shape index (κ1) is 12.7. The lowest BCUT2D eigenvalue weighted by molar-refractivity contribution is -0.113. The summed E-state index contributed by atoms with van der Waals surface area (Å²) in [6.07, 6.45) is 0. The topological polar surface area (TPSA) is 106 Å². The van der Waals surface area contributed by atoms with Gasteiger partial charge >= 0.3 is 0 Å². The lowest BCUT2D eigenvalue weighted by Crippen LogP contribution is -2.18. The molecule has 8 heteroatoms. The maximum absolute atomic E-state index is 11.6. The molecule has 94 valence electrons. The van der Waals surface area contributed by atoms with Gasteiger partial charge in [-0.25, -0.2) is 4.98 Å². The molecule has 1 aromatic heterocycles. The number of rotatable bonds is 3. The van der Waals surface area contributed by atoms with Gasteiger partial charge in [0.05, 0.1) is 16.0 Å². The summed E-state index contributed by atoms with van der Waals surface area (Å²) in [6.45, 7) is 0. The Morgan fingerprint density at radius 1 is 1.50 bits per heavy atom. The number of fused-ring (bicyclic) bond motifs is 1. The number of para-hydroxylation sites is 1. The summed E-state index contributed by atoms with van der Waals surface area (Å²) in [4.78, 5) is 15.9. The minimum Gasteiger partial charge on any atom is -0.377 e. The Kier molecular flexibility index (Phi) is 4.00. The van der Waals surface area contributed by atoms with Gasteiger partial charge in [0.15, 0.2) is 10.3 Å². The van der Waals surface area contributed by atoms with E-state index in [4.69, 9.17) is 11.6 Å². The predicted molar refractivity (Wildman–Crippen MR) is 76.5 cm³/mol. The highest BCUT2D eigenvalue weighted by Crippen LogP contribution is 2.25. The third-order valence-electron chi connectivity index (χ3n) is 2.02. The van der Waals surface area contributed by atoms with Gasteiger partial charge in [0.25, 0.3) is 0 Å². The molecule has 2 aromatic rings. The Morgan fingerprint density at radius 2 is 2.28 bits per heavy atom. The van der Waals surface area contributed by atoms with Crippen molar-refractivity contribution in [1.29, 1.82) is 0 Å². The molecule has 0 aliphatic heterocycles. The van der Waals surface area contributed by atoms with Gasteiger partial charge in [0, 0.05) is 0 Å². The van der Waals surface area contributed by atoms with Gasteiger partial charge in [-0.05, 0) is 12.1 Å². The number of amidine groups is 1. The first-order valence-electron chi connectivity index (χ1n) is 5.00. The molecule has 0 fully saturated rings. The Morgan fingerprint density at radius 3 is 3.00 bits per heavy atom. The zero-order chi connectivity index (χ0) is 13.0. The number of carbonyl (C=O) groups is 1. The Balaban J connectivity index is 1.98. The molecule has 1 heterocycles. The summed E-state index contributed by atoms with van der Waals surface area (Å²) < 4.78 is 1.03. The van der Waals surface area contributed by atoms with E-state index in [0.29, 0.717) is 5.13 Å². The second-order valence-electron chi connectivity index (χ2n) is 3.29. The van der Waals surface area contributed by atoms with Gasteiger partial charge in [0.2, 0.25) is 5.91 Å². The average molecular weight is 281 g/mol. The molecule has 0 saturated carbocycles. The van der Waals surface area contributed by atoms with E-state index < -0.39 is 0 Å². The number of carbonyl (C=O) groups excluding carboxylic acids is 1. The number of amides is 1. The lowest BCUT2D eigenvalue weighted by Gasteiger charge is -2.00. The average Bonchev–Trinajstić information content (AvgIpc) is 2.77. The van der Waals surface area contributed by atoms with E-state index in [9.17, 15) is 4.79 Å². The second kappa shape index (κ2) is 5.69. The van der Waals surface area contributed by atoms with Crippen molar-refractivity contribution in [3.8, 4) is 0 Å². The fourth-order valence-corrected chi connectivity index (χ4v) is 2.57. The number of aromatic nitrogens is 1. The zero-order valence-electron chi connectivity index (χ0n) is 9.29. The fraction of sp³-hybridized carbons (Fsp3) is 0.100. The number of benzene rings is 1. The van der Waals surface area contributed by atoms with E-state index in [-0.39, 0.29) is 16.8 Å². The number of nitrogens with two attached hydrogens (primary N) is 2. The molecule has 6 nitrogen and oxygen atoms in total. The van der Waals surface area contributed by atoms with Crippen molar-refractivity contribution in [2.45, 2.75) is 0 Å². The Bertz CT molecular complexity index is 562. The van der Waals surface area contributed by atoms with E-state index in [1.165, 1.54) is 11.3 Å². The molecule has 5 N–H and O–H groups in total. The molecule has 0 unspecified atom stereocenters. The van der Waals surface area contributed by atoms with Crippen LogP contribution in [0.3, 0.4) is 0 Å². The van der Waals surface area contributed by atoms with Crippen LogP contribution in [-0.4, -0.2) is 21.8 Å². The van der Waals surface area contributed by atoms with Crippen molar-refractivity contribution in [1.82, 2.24) is 4.98 Å². The second-order valence-corrected chi connectivity index (χ2v) is 5.32. The van der Waals surface area contributed by atoms with Crippen LogP contribution in [0.5, 0.6) is 0 Å². The van der Waals surface area contributed by atoms with Gasteiger partial charge in [0.1, 0.15) is 0 Å². The number of nitrogens with zero attached hydrogens (tertiary/aromatic N) is 2. The molecule has 2 rings (SSSR count). The molecule has 0 radical (unpaired) electrons. The number of hydrogen-bond acceptors (Lipinski definition) is 6. The number of hydrazone groups is 1. The summed E-state index contributed by atoms with van der Waals surface area (Å²) in [5, 5.41) is 6.72.